The second-order valence-corrected chi connectivity index (χ2v) is 4.49. The first-order valence-electron chi connectivity index (χ1n) is 5.80. The van der Waals surface area contributed by atoms with Crippen LogP contribution in [-0.4, -0.2) is 26.2 Å². The summed E-state index contributed by atoms with van der Waals surface area (Å²) in [5.41, 5.74) is 1.20. The van der Waals surface area contributed by atoms with Gasteiger partial charge in [0.2, 0.25) is 0 Å². The third kappa shape index (κ3) is 1.91. The molecule has 1 aliphatic carbocycles. The largest absolute Gasteiger partial charge is 0.393 e. The summed E-state index contributed by atoms with van der Waals surface area (Å²) in [5.74, 6) is 0.764. The summed E-state index contributed by atoms with van der Waals surface area (Å²) in [6.45, 7) is 5.18. The predicted molar refractivity (Wildman–Crippen MR) is 57.5 cm³/mol. The lowest BCUT2D eigenvalue weighted by molar-refractivity contribution is 0.136. The molecule has 0 bridgehead atoms. The van der Waals surface area contributed by atoms with E-state index < -0.39 is 0 Å². The minimum Gasteiger partial charge on any atom is -0.393 e. The van der Waals surface area contributed by atoms with Gasteiger partial charge in [0, 0.05) is 12.5 Å². The van der Waals surface area contributed by atoms with Gasteiger partial charge in [-0.3, -0.25) is 0 Å². The molecule has 1 saturated carbocycles. The van der Waals surface area contributed by atoms with Crippen LogP contribution in [0.15, 0.2) is 6.20 Å². The fourth-order valence-corrected chi connectivity index (χ4v) is 2.50. The van der Waals surface area contributed by atoms with E-state index >= 15 is 0 Å². The molecule has 0 amide bonds. The number of aliphatic hydroxyl groups is 1. The summed E-state index contributed by atoms with van der Waals surface area (Å²) in [6, 6.07) is 0. The summed E-state index contributed by atoms with van der Waals surface area (Å²) in [5, 5.41) is 17.8. The summed E-state index contributed by atoms with van der Waals surface area (Å²) < 4.78 is 1.99. The summed E-state index contributed by atoms with van der Waals surface area (Å²) in [4.78, 5) is 0. The van der Waals surface area contributed by atoms with Crippen molar-refractivity contribution in [1.29, 1.82) is 0 Å². The molecular weight excluding hydrogens is 190 g/mol. The van der Waals surface area contributed by atoms with Crippen molar-refractivity contribution in [2.45, 2.75) is 51.7 Å². The average Bonchev–Trinajstić information content (AvgIpc) is 2.77. The molecule has 84 valence electrons. The molecule has 0 aromatic carbocycles. The molecule has 3 atom stereocenters. The Morgan fingerprint density at radius 2 is 2.33 bits per heavy atom. The predicted octanol–water partition coefficient (Wildman–Crippen LogP) is 1.56. The molecule has 0 saturated heterocycles. The second kappa shape index (κ2) is 4.31. The van der Waals surface area contributed by atoms with Crippen LogP contribution in [0.3, 0.4) is 0 Å². The topological polar surface area (TPSA) is 50.9 Å². The fraction of sp³-hybridized carbons (Fsp3) is 0.818. The van der Waals surface area contributed by atoms with Gasteiger partial charge in [-0.05, 0) is 25.2 Å². The van der Waals surface area contributed by atoms with Crippen molar-refractivity contribution in [2.75, 3.05) is 0 Å². The highest BCUT2D eigenvalue weighted by Crippen LogP contribution is 2.38. The van der Waals surface area contributed by atoms with E-state index in [0.29, 0.717) is 11.8 Å². The Hall–Kier alpha value is -0.900. The van der Waals surface area contributed by atoms with E-state index in [1.54, 1.807) is 0 Å². The first-order valence-corrected chi connectivity index (χ1v) is 5.80. The van der Waals surface area contributed by atoms with Crippen LogP contribution in [0.1, 0.15) is 44.7 Å². The normalized spacial score (nSPS) is 31.0. The van der Waals surface area contributed by atoms with Gasteiger partial charge in [-0.15, -0.1) is 5.10 Å². The number of aryl methyl sites for hydroxylation is 1. The van der Waals surface area contributed by atoms with Crippen LogP contribution in [0.25, 0.3) is 0 Å². The standard InChI is InChI=1S/C11H19N3O/c1-3-6-14-10(7-12-13-14)9-4-5-11(15)8(9)2/h7-9,11,15H,3-6H2,1-2H3. The van der Waals surface area contributed by atoms with Crippen LogP contribution in [0.5, 0.6) is 0 Å². The van der Waals surface area contributed by atoms with E-state index in [-0.39, 0.29) is 6.10 Å². The van der Waals surface area contributed by atoms with Gasteiger partial charge in [0.15, 0.2) is 0 Å². The van der Waals surface area contributed by atoms with E-state index in [0.717, 1.165) is 25.8 Å². The lowest BCUT2D eigenvalue weighted by Crippen LogP contribution is -2.17. The number of nitrogens with zero attached hydrogens (tertiary/aromatic N) is 3. The smallest absolute Gasteiger partial charge is 0.0728 e. The number of rotatable bonds is 3. The molecule has 4 heteroatoms. The van der Waals surface area contributed by atoms with Gasteiger partial charge in [0.1, 0.15) is 0 Å². The van der Waals surface area contributed by atoms with Crippen LogP contribution in [0, 0.1) is 5.92 Å². The molecule has 15 heavy (non-hydrogen) atoms. The number of hydrogen-bond donors (Lipinski definition) is 1. The first-order chi connectivity index (χ1) is 7.24. The Bertz CT molecular complexity index is 323. The molecule has 2 rings (SSSR count). The highest BCUT2D eigenvalue weighted by Gasteiger charge is 2.34. The van der Waals surface area contributed by atoms with Crippen LogP contribution in [-0.2, 0) is 6.54 Å². The Labute approximate surface area is 90.3 Å². The summed E-state index contributed by atoms with van der Waals surface area (Å²) >= 11 is 0. The maximum absolute atomic E-state index is 9.74. The first kappa shape index (κ1) is 10.6. The molecule has 0 radical (unpaired) electrons. The van der Waals surface area contributed by atoms with Crippen molar-refractivity contribution in [3.63, 3.8) is 0 Å². The van der Waals surface area contributed by atoms with E-state index in [1.165, 1.54) is 5.69 Å². The molecule has 4 nitrogen and oxygen atoms in total. The van der Waals surface area contributed by atoms with E-state index in [4.69, 9.17) is 0 Å². The van der Waals surface area contributed by atoms with Crippen LogP contribution >= 0.6 is 0 Å². The Morgan fingerprint density at radius 1 is 1.53 bits per heavy atom. The minimum absolute atomic E-state index is 0.153. The number of aliphatic hydroxyl groups excluding tert-OH is 1. The second-order valence-electron chi connectivity index (χ2n) is 4.49. The number of hydrogen-bond acceptors (Lipinski definition) is 3. The van der Waals surface area contributed by atoms with Crippen molar-refractivity contribution in [3.05, 3.63) is 11.9 Å². The molecule has 1 heterocycles. The molecule has 1 N–H and O–H groups in total. The lowest BCUT2D eigenvalue weighted by atomic mass is 9.94. The summed E-state index contributed by atoms with van der Waals surface area (Å²) in [6.07, 6.45) is 4.73. The van der Waals surface area contributed by atoms with E-state index in [2.05, 4.69) is 24.2 Å². The molecule has 3 unspecified atom stereocenters. The van der Waals surface area contributed by atoms with Gasteiger partial charge in [0.25, 0.3) is 0 Å². The summed E-state index contributed by atoms with van der Waals surface area (Å²) in [7, 11) is 0. The van der Waals surface area contributed by atoms with Crippen LogP contribution in [0.2, 0.25) is 0 Å². The van der Waals surface area contributed by atoms with Crippen molar-refractivity contribution < 1.29 is 5.11 Å². The van der Waals surface area contributed by atoms with Gasteiger partial charge in [0.05, 0.1) is 18.0 Å². The van der Waals surface area contributed by atoms with Crippen molar-refractivity contribution in [1.82, 2.24) is 15.0 Å². The zero-order chi connectivity index (χ0) is 10.8. The maximum atomic E-state index is 9.74. The number of aromatic nitrogens is 3. The third-order valence-electron chi connectivity index (χ3n) is 3.48. The Morgan fingerprint density at radius 3 is 2.93 bits per heavy atom. The molecular formula is C11H19N3O. The fourth-order valence-electron chi connectivity index (χ4n) is 2.50. The third-order valence-corrected chi connectivity index (χ3v) is 3.48. The molecule has 1 aliphatic rings. The zero-order valence-electron chi connectivity index (χ0n) is 9.43. The van der Waals surface area contributed by atoms with E-state index in [1.807, 2.05) is 10.9 Å². The molecule has 1 aromatic rings. The van der Waals surface area contributed by atoms with Crippen LogP contribution in [0.4, 0.5) is 0 Å². The highest BCUT2D eigenvalue weighted by atomic mass is 16.3. The quantitative estimate of drug-likeness (QED) is 0.822. The average molecular weight is 209 g/mol. The Kier molecular flexibility index (Phi) is 3.05. The molecule has 1 fully saturated rings. The monoisotopic (exact) mass is 209 g/mol. The molecule has 0 spiro atoms. The highest BCUT2D eigenvalue weighted by molar-refractivity contribution is 5.09. The van der Waals surface area contributed by atoms with Crippen molar-refractivity contribution in [3.8, 4) is 0 Å². The lowest BCUT2D eigenvalue weighted by Gasteiger charge is -2.17. The van der Waals surface area contributed by atoms with Gasteiger partial charge < -0.3 is 5.11 Å². The van der Waals surface area contributed by atoms with Gasteiger partial charge in [-0.25, -0.2) is 4.68 Å². The minimum atomic E-state index is -0.153. The van der Waals surface area contributed by atoms with Crippen LogP contribution < -0.4 is 0 Å². The Balaban J connectivity index is 2.18. The van der Waals surface area contributed by atoms with Gasteiger partial charge >= 0.3 is 0 Å². The SMILES string of the molecule is CCCn1nncc1C1CCC(O)C1C. The van der Waals surface area contributed by atoms with Gasteiger partial charge in [-0.1, -0.05) is 19.1 Å². The maximum Gasteiger partial charge on any atom is 0.0728 e. The van der Waals surface area contributed by atoms with Crippen molar-refractivity contribution >= 4 is 0 Å². The van der Waals surface area contributed by atoms with E-state index in [9.17, 15) is 5.11 Å². The molecule has 0 aliphatic heterocycles. The van der Waals surface area contributed by atoms with Gasteiger partial charge in [-0.2, -0.15) is 0 Å². The van der Waals surface area contributed by atoms with Crippen molar-refractivity contribution in [2.24, 2.45) is 5.92 Å². The zero-order valence-corrected chi connectivity index (χ0v) is 9.43. The molecule has 1 aromatic heterocycles.